The molecule has 0 aromatic heterocycles. The number of nitrogens with two attached hydrogens (primary N) is 4. The molecule has 0 bridgehead atoms. The first kappa shape index (κ1) is 19.3. The molecule has 0 saturated carbocycles. The number of amides is 4. The van der Waals surface area contributed by atoms with Crippen LogP contribution in [0.5, 0.6) is 0 Å². The van der Waals surface area contributed by atoms with E-state index in [1.807, 2.05) is 0 Å². The molecule has 22 heavy (non-hydrogen) atoms. The molecule has 0 atom stereocenters. The molecule has 0 heterocycles. The van der Waals surface area contributed by atoms with E-state index in [9.17, 15) is 19.2 Å². The van der Waals surface area contributed by atoms with E-state index in [4.69, 9.17) is 23.4 Å². The summed E-state index contributed by atoms with van der Waals surface area (Å²) >= 11 is 0. The van der Waals surface area contributed by atoms with Crippen molar-refractivity contribution in [1.82, 2.24) is 21.7 Å². The summed E-state index contributed by atoms with van der Waals surface area (Å²) in [6, 6.07) is 0. The lowest BCUT2D eigenvalue weighted by atomic mass is 10.1. The Morgan fingerprint density at radius 3 is 1.05 bits per heavy atom. The van der Waals surface area contributed by atoms with Crippen molar-refractivity contribution in [2.75, 3.05) is 13.1 Å². The van der Waals surface area contributed by atoms with Crippen molar-refractivity contribution in [2.45, 2.75) is 0 Å². The summed E-state index contributed by atoms with van der Waals surface area (Å²) in [4.78, 5) is 45.3. The number of carbonyl (C=O) groups is 4. The quantitative estimate of drug-likeness (QED) is 0.0703. The van der Waals surface area contributed by atoms with Crippen molar-refractivity contribution >= 4 is 23.6 Å². The van der Waals surface area contributed by atoms with E-state index in [1.165, 1.54) is 0 Å². The topological polar surface area (TPSA) is 245 Å². The van der Waals surface area contributed by atoms with Crippen LogP contribution in [-0.4, -0.2) is 36.7 Å². The first-order valence-electron chi connectivity index (χ1n) is 5.77. The van der Waals surface area contributed by atoms with Crippen LogP contribution in [0.25, 0.3) is 0 Å². The van der Waals surface area contributed by atoms with E-state index in [0.29, 0.717) is 0 Å². The van der Waals surface area contributed by atoms with Gasteiger partial charge in [-0.15, -0.1) is 0 Å². The Balaban J connectivity index is 4.74. The van der Waals surface area contributed by atoms with Crippen LogP contribution in [0, 0.1) is 11.8 Å². The largest absolute Gasteiger partial charge is 0.294 e. The van der Waals surface area contributed by atoms with Crippen molar-refractivity contribution in [3.8, 4) is 0 Å². The standard InChI is InChI=1S/C8H18N10O4/c9-15-5(19)3(6(20)16-10)1-13-14-2-4(7(21)17-11)8(22)18-12/h3-4H,1-2,9-12H2,(H,15,19)(H,16,20)(H,17,21)(H,18,22). The van der Waals surface area contributed by atoms with Crippen molar-refractivity contribution in [3.63, 3.8) is 0 Å². The average molecular weight is 318 g/mol. The third-order valence-corrected chi connectivity index (χ3v) is 2.46. The average Bonchev–Trinajstić information content (AvgIpc) is 2.55. The molecule has 0 aliphatic carbocycles. The van der Waals surface area contributed by atoms with Crippen LogP contribution in [0.2, 0.25) is 0 Å². The van der Waals surface area contributed by atoms with Gasteiger partial charge in [0.2, 0.25) is 23.6 Å². The molecule has 4 amide bonds. The summed E-state index contributed by atoms with van der Waals surface area (Å²) in [5.74, 6) is 13.7. The third-order valence-electron chi connectivity index (χ3n) is 2.46. The highest BCUT2D eigenvalue weighted by Gasteiger charge is 2.27. The van der Waals surface area contributed by atoms with Crippen molar-refractivity contribution in [2.24, 2.45) is 45.4 Å². The monoisotopic (exact) mass is 318 g/mol. The molecule has 0 aromatic rings. The Labute approximate surface area is 124 Å². The molecule has 0 fully saturated rings. The fourth-order valence-electron chi connectivity index (χ4n) is 1.25. The molecule has 0 aromatic carbocycles. The molecule has 0 saturated heterocycles. The minimum absolute atomic E-state index is 0.396. The van der Waals surface area contributed by atoms with Gasteiger partial charge in [-0.25, -0.2) is 23.4 Å². The highest BCUT2D eigenvalue weighted by molar-refractivity contribution is 6.00. The number of nitrogens with one attached hydrogen (secondary N) is 4. The SMILES string of the molecule is NNC(=O)C(CN=NCC(C(=O)NN)C(=O)NN)C(=O)NN. The van der Waals surface area contributed by atoms with Gasteiger partial charge in [0.15, 0.2) is 0 Å². The molecule has 12 N–H and O–H groups in total. The maximum Gasteiger partial charge on any atom is 0.248 e. The lowest BCUT2D eigenvalue weighted by Crippen LogP contribution is -2.47. The summed E-state index contributed by atoms with van der Waals surface area (Å²) in [6.45, 7) is -0.791. The molecular weight excluding hydrogens is 300 g/mol. The van der Waals surface area contributed by atoms with E-state index in [2.05, 4.69) is 10.2 Å². The van der Waals surface area contributed by atoms with Crippen LogP contribution in [0.15, 0.2) is 10.2 Å². The molecule has 0 aliphatic heterocycles. The van der Waals surface area contributed by atoms with Crippen molar-refractivity contribution in [3.05, 3.63) is 0 Å². The number of rotatable bonds is 8. The second kappa shape index (κ2) is 10.1. The molecule has 0 spiro atoms. The van der Waals surface area contributed by atoms with E-state index < -0.39 is 48.6 Å². The van der Waals surface area contributed by atoms with E-state index in [0.717, 1.165) is 0 Å². The highest BCUT2D eigenvalue weighted by atomic mass is 16.2. The van der Waals surface area contributed by atoms with E-state index in [1.54, 1.807) is 21.7 Å². The molecule has 0 radical (unpaired) electrons. The maximum atomic E-state index is 11.3. The van der Waals surface area contributed by atoms with E-state index >= 15 is 0 Å². The number of carbonyl (C=O) groups excluding carboxylic acids is 4. The molecule has 0 aliphatic rings. The maximum absolute atomic E-state index is 11.3. The number of nitrogens with zero attached hydrogens (tertiary/aromatic N) is 2. The Kier molecular flexibility index (Phi) is 8.87. The molecule has 0 unspecified atom stereocenters. The van der Waals surface area contributed by atoms with Crippen LogP contribution in [0.3, 0.4) is 0 Å². The van der Waals surface area contributed by atoms with Gasteiger partial charge < -0.3 is 0 Å². The first-order valence-corrected chi connectivity index (χ1v) is 5.77. The zero-order valence-electron chi connectivity index (χ0n) is 11.4. The van der Waals surface area contributed by atoms with Gasteiger partial charge in [-0.2, -0.15) is 10.2 Å². The van der Waals surface area contributed by atoms with Gasteiger partial charge in [0, 0.05) is 0 Å². The molecule has 14 nitrogen and oxygen atoms in total. The number of azo groups is 1. The first-order chi connectivity index (χ1) is 10.4. The number of hydrazine groups is 4. The zero-order valence-corrected chi connectivity index (χ0v) is 11.4. The fraction of sp³-hybridized carbons (Fsp3) is 0.500. The predicted octanol–water partition coefficient (Wildman–Crippen LogP) is -5.37. The van der Waals surface area contributed by atoms with Crippen molar-refractivity contribution < 1.29 is 19.2 Å². The highest BCUT2D eigenvalue weighted by Crippen LogP contribution is 2.01. The van der Waals surface area contributed by atoms with E-state index in [-0.39, 0.29) is 0 Å². The van der Waals surface area contributed by atoms with Crippen LogP contribution < -0.4 is 45.1 Å². The minimum atomic E-state index is -1.32. The third kappa shape index (κ3) is 5.75. The molecular formula is C8H18N10O4. The van der Waals surface area contributed by atoms with Gasteiger partial charge in [-0.1, -0.05) is 0 Å². The normalized spacial score (nSPS) is 10.6. The van der Waals surface area contributed by atoms with Gasteiger partial charge in [-0.3, -0.25) is 40.9 Å². The number of hydrogen-bond acceptors (Lipinski definition) is 10. The Hall–Kier alpha value is -2.68. The Bertz CT molecular complexity index is 380. The predicted molar refractivity (Wildman–Crippen MR) is 70.9 cm³/mol. The Morgan fingerprint density at radius 2 is 0.864 bits per heavy atom. The minimum Gasteiger partial charge on any atom is -0.294 e. The van der Waals surface area contributed by atoms with Crippen molar-refractivity contribution in [1.29, 1.82) is 0 Å². The molecule has 0 rings (SSSR count). The summed E-state index contributed by atoms with van der Waals surface area (Å²) in [5, 5.41) is 7.07. The van der Waals surface area contributed by atoms with Gasteiger partial charge in [0.05, 0.1) is 13.1 Å². The van der Waals surface area contributed by atoms with Gasteiger partial charge in [-0.05, 0) is 0 Å². The van der Waals surface area contributed by atoms with Crippen LogP contribution in [-0.2, 0) is 19.2 Å². The summed E-state index contributed by atoms with van der Waals surface area (Å²) in [7, 11) is 0. The second-order valence-electron chi connectivity index (χ2n) is 3.79. The van der Waals surface area contributed by atoms with Gasteiger partial charge in [0.1, 0.15) is 11.8 Å². The number of hydrogen-bond donors (Lipinski definition) is 8. The summed E-state index contributed by atoms with van der Waals surface area (Å²) < 4.78 is 0. The van der Waals surface area contributed by atoms with Gasteiger partial charge >= 0.3 is 0 Å². The Morgan fingerprint density at radius 1 is 0.636 bits per heavy atom. The van der Waals surface area contributed by atoms with Gasteiger partial charge in [0.25, 0.3) is 0 Å². The summed E-state index contributed by atoms with van der Waals surface area (Å²) in [6.07, 6.45) is 0. The lowest BCUT2D eigenvalue weighted by Gasteiger charge is -2.11. The van der Waals surface area contributed by atoms with Crippen LogP contribution in [0.1, 0.15) is 0 Å². The zero-order chi connectivity index (χ0) is 17.1. The van der Waals surface area contributed by atoms with Crippen LogP contribution in [0.4, 0.5) is 0 Å². The molecule has 124 valence electrons. The summed E-state index contributed by atoms with van der Waals surface area (Å²) in [5.41, 5.74) is 7.07. The fourth-order valence-corrected chi connectivity index (χ4v) is 1.25. The smallest absolute Gasteiger partial charge is 0.248 e. The molecule has 14 heteroatoms. The lowest BCUT2D eigenvalue weighted by molar-refractivity contribution is -0.136. The second-order valence-corrected chi connectivity index (χ2v) is 3.79. The van der Waals surface area contributed by atoms with Crippen LogP contribution >= 0.6 is 0 Å².